The minimum absolute atomic E-state index is 0. The zero-order chi connectivity index (χ0) is 19.2. The number of hydrogen-bond donors (Lipinski definition) is 0. The maximum Gasteiger partial charge on any atom is 1.00 e. The van der Waals surface area contributed by atoms with Crippen LogP contribution in [0.3, 0.4) is 0 Å². The Morgan fingerprint density at radius 2 is 1.07 bits per heavy atom. The zero-order valence-corrected chi connectivity index (χ0v) is 26.2. The third kappa shape index (κ3) is 25.5. The van der Waals surface area contributed by atoms with Crippen LogP contribution in [-0.2, 0) is 9.09 Å². The molecule has 152 valence electrons. The standard InChI is InChI=1S/C20H43O4P.2K/c1-5-6-7-8-9-10-11-12-13-14-15-16-17-18-19(20(2,3)4)24-25(21,22)23;;/h19H,5-18H2,1-4H3,(H2,21,22,23);;/q;2*+1/p-2. The summed E-state index contributed by atoms with van der Waals surface area (Å²) < 4.78 is 15.6. The zero-order valence-electron chi connectivity index (χ0n) is 19.1. The van der Waals surface area contributed by atoms with Crippen molar-refractivity contribution in [2.75, 3.05) is 0 Å². The topological polar surface area (TPSA) is 72.4 Å². The number of phosphoric acid groups is 1. The van der Waals surface area contributed by atoms with E-state index in [1.165, 1.54) is 70.6 Å². The van der Waals surface area contributed by atoms with E-state index in [0.717, 1.165) is 12.8 Å². The predicted molar refractivity (Wildman–Crippen MR) is 102 cm³/mol. The number of hydrogen-bond acceptors (Lipinski definition) is 4. The first kappa shape index (κ1) is 35.0. The molecule has 0 bridgehead atoms. The van der Waals surface area contributed by atoms with Gasteiger partial charge in [0.2, 0.25) is 0 Å². The first-order valence-electron chi connectivity index (χ1n) is 10.4. The molecule has 27 heavy (non-hydrogen) atoms. The second-order valence-electron chi connectivity index (χ2n) is 8.44. The summed E-state index contributed by atoms with van der Waals surface area (Å²) in [5, 5.41) is 0. The van der Waals surface area contributed by atoms with Crippen LogP contribution in [0.4, 0.5) is 0 Å². The second-order valence-corrected chi connectivity index (χ2v) is 9.54. The van der Waals surface area contributed by atoms with Gasteiger partial charge in [0, 0.05) is 0 Å². The monoisotopic (exact) mass is 454 g/mol. The molecule has 0 amide bonds. The molecule has 0 heterocycles. The van der Waals surface area contributed by atoms with Crippen molar-refractivity contribution in [2.45, 2.75) is 124 Å². The summed E-state index contributed by atoms with van der Waals surface area (Å²) >= 11 is 0. The average Bonchev–Trinajstić information content (AvgIpc) is 2.48. The Morgan fingerprint density at radius 3 is 1.37 bits per heavy atom. The average molecular weight is 455 g/mol. The van der Waals surface area contributed by atoms with Crippen molar-refractivity contribution >= 4 is 7.82 Å². The minimum atomic E-state index is -4.90. The molecule has 0 N–H and O–H groups in total. The van der Waals surface area contributed by atoms with Gasteiger partial charge in [-0.2, -0.15) is 0 Å². The fraction of sp³-hybridized carbons (Fsp3) is 1.00. The molecule has 0 fully saturated rings. The van der Waals surface area contributed by atoms with Gasteiger partial charge >= 0.3 is 103 Å². The number of rotatable bonds is 16. The summed E-state index contributed by atoms with van der Waals surface area (Å²) in [5.74, 6) is 0. The Bertz CT molecular complexity index is 356. The van der Waals surface area contributed by atoms with Crippen molar-refractivity contribution in [3.63, 3.8) is 0 Å². The summed E-state index contributed by atoms with van der Waals surface area (Å²) in [6.45, 7) is 7.99. The van der Waals surface area contributed by atoms with Crippen LogP contribution < -0.4 is 113 Å². The van der Waals surface area contributed by atoms with Gasteiger partial charge in [0.1, 0.15) is 0 Å². The molecule has 0 aliphatic heterocycles. The van der Waals surface area contributed by atoms with Crippen molar-refractivity contribution in [3.8, 4) is 0 Å². The van der Waals surface area contributed by atoms with Crippen LogP contribution in [0.2, 0.25) is 0 Å². The van der Waals surface area contributed by atoms with E-state index >= 15 is 0 Å². The quantitative estimate of drug-likeness (QED) is 0.183. The molecule has 1 atom stereocenters. The molecule has 0 spiro atoms. The summed E-state index contributed by atoms with van der Waals surface area (Å²) in [5.41, 5.74) is -0.332. The Morgan fingerprint density at radius 1 is 0.741 bits per heavy atom. The summed E-state index contributed by atoms with van der Waals surface area (Å²) in [6, 6.07) is 0. The van der Waals surface area contributed by atoms with E-state index < -0.39 is 13.9 Å². The molecule has 7 heteroatoms. The minimum Gasteiger partial charge on any atom is -0.790 e. The van der Waals surface area contributed by atoms with Crippen LogP contribution in [-0.4, -0.2) is 6.10 Å². The molecule has 0 rings (SSSR count). The van der Waals surface area contributed by atoms with Gasteiger partial charge < -0.3 is 18.9 Å². The van der Waals surface area contributed by atoms with E-state index in [9.17, 15) is 14.4 Å². The SMILES string of the molecule is CCCCCCCCCCCCCCCC(OP(=O)([O-])[O-])C(C)(C)C.[K+].[K+]. The summed E-state index contributed by atoms with van der Waals surface area (Å²) in [4.78, 5) is 21.7. The van der Waals surface area contributed by atoms with E-state index in [0.29, 0.717) is 6.42 Å². The van der Waals surface area contributed by atoms with Gasteiger partial charge in [0.05, 0.1) is 13.9 Å². The summed E-state index contributed by atoms with van der Waals surface area (Å²) in [6.07, 6.45) is 16.8. The number of unbranched alkanes of at least 4 members (excludes halogenated alkanes) is 12. The van der Waals surface area contributed by atoms with Gasteiger partial charge in [-0.1, -0.05) is 111 Å². The largest absolute Gasteiger partial charge is 1.00 e. The van der Waals surface area contributed by atoms with E-state index in [2.05, 4.69) is 6.92 Å². The number of phosphoric ester groups is 1. The van der Waals surface area contributed by atoms with Crippen LogP contribution in [0.5, 0.6) is 0 Å². The molecule has 0 aromatic carbocycles. The van der Waals surface area contributed by atoms with Gasteiger partial charge in [-0.25, -0.2) is 0 Å². The van der Waals surface area contributed by atoms with Crippen LogP contribution in [0.15, 0.2) is 0 Å². The van der Waals surface area contributed by atoms with E-state index in [1.807, 2.05) is 20.8 Å². The van der Waals surface area contributed by atoms with Crippen molar-refractivity contribution in [2.24, 2.45) is 5.41 Å². The molecule has 0 aliphatic rings. The normalized spacial score (nSPS) is 13.0. The molecular weight excluding hydrogens is 413 g/mol. The molecule has 1 unspecified atom stereocenters. The smallest absolute Gasteiger partial charge is 0.790 e. The molecule has 0 aromatic heterocycles. The molecule has 0 saturated carbocycles. The van der Waals surface area contributed by atoms with Crippen LogP contribution in [0.1, 0.15) is 118 Å². The fourth-order valence-corrected chi connectivity index (χ4v) is 3.88. The predicted octanol–water partition coefficient (Wildman–Crippen LogP) is -0.264. The van der Waals surface area contributed by atoms with E-state index in [-0.39, 0.29) is 108 Å². The molecular formula is C20H41K2O4P. The van der Waals surface area contributed by atoms with Gasteiger partial charge in [-0.15, -0.1) is 0 Å². The van der Waals surface area contributed by atoms with E-state index in [4.69, 9.17) is 4.52 Å². The second kappa shape index (κ2) is 21.2. The van der Waals surface area contributed by atoms with Crippen molar-refractivity contribution < 1.29 is 122 Å². The maximum atomic E-state index is 10.9. The van der Waals surface area contributed by atoms with E-state index in [1.54, 1.807) is 0 Å². The Balaban J connectivity index is -0.00000288. The molecule has 0 aliphatic carbocycles. The Kier molecular flexibility index (Phi) is 27.5. The third-order valence-electron chi connectivity index (χ3n) is 4.79. The van der Waals surface area contributed by atoms with Crippen LogP contribution in [0, 0.1) is 5.41 Å². The van der Waals surface area contributed by atoms with Crippen molar-refractivity contribution in [1.82, 2.24) is 0 Å². The van der Waals surface area contributed by atoms with Gasteiger partial charge in [0.15, 0.2) is 0 Å². The maximum absolute atomic E-state index is 10.9. The molecule has 0 radical (unpaired) electrons. The van der Waals surface area contributed by atoms with Gasteiger partial charge in [0.25, 0.3) is 0 Å². The van der Waals surface area contributed by atoms with Gasteiger partial charge in [-0.3, -0.25) is 0 Å². The first-order chi connectivity index (χ1) is 11.7. The Labute approximate surface area is 254 Å². The van der Waals surface area contributed by atoms with Crippen molar-refractivity contribution in [3.05, 3.63) is 0 Å². The Hall–Kier alpha value is 3.38. The van der Waals surface area contributed by atoms with Crippen LogP contribution >= 0.6 is 7.82 Å². The van der Waals surface area contributed by atoms with Crippen molar-refractivity contribution in [1.29, 1.82) is 0 Å². The molecule has 0 saturated heterocycles. The fourth-order valence-electron chi connectivity index (χ4n) is 3.15. The third-order valence-corrected chi connectivity index (χ3v) is 5.30. The van der Waals surface area contributed by atoms with Crippen LogP contribution in [0.25, 0.3) is 0 Å². The van der Waals surface area contributed by atoms with Gasteiger partial charge in [-0.05, 0) is 11.8 Å². The summed E-state index contributed by atoms with van der Waals surface area (Å²) in [7, 11) is -4.90. The molecule has 4 nitrogen and oxygen atoms in total. The molecule has 0 aromatic rings. The first-order valence-corrected chi connectivity index (χ1v) is 11.8.